The summed E-state index contributed by atoms with van der Waals surface area (Å²) in [5.41, 5.74) is 0.551. The predicted molar refractivity (Wildman–Crippen MR) is 115 cm³/mol. The molecule has 1 amide bonds. The van der Waals surface area contributed by atoms with E-state index in [1.807, 2.05) is 30.3 Å². The van der Waals surface area contributed by atoms with E-state index in [9.17, 15) is 18.0 Å². The van der Waals surface area contributed by atoms with Gasteiger partial charge in [-0.25, -0.2) is 4.68 Å². The van der Waals surface area contributed by atoms with Crippen LogP contribution in [0.15, 0.2) is 60.9 Å². The molecule has 1 unspecified atom stereocenters. The maximum absolute atomic E-state index is 13.9. The first-order chi connectivity index (χ1) is 15.7. The Morgan fingerprint density at radius 2 is 1.85 bits per heavy atom. The summed E-state index contributed by atoms with van der Waals surface area (Å²) in [5, 5.41) is 6.84. The predicted octanol–water partition coefficient (Wildman–Crippen LogP) is 4.31. The van der Waals surface area contributed by atoms with E-state index in [-0.39, 0.29) is 28.6 Å². The van der Waals surface area contributed by atoms with Crippen molar-refractivity contribution < 1.29 is 22.7 Å². The first-order valence-corrected chi connectivity index (χ1v) is 10.1. The highest BCUT2D eigenvalue weighted by Gasteiger charge is 2.36. The van der Waals surface area contributed by atoms with Crippen LogP contribution < -0.4 is 10.1 Å². The third-order valence-corrected chi connectivity index (χ3v) is 5.06. The maximum atomic E-state index is 13.9. The van der Waals surface area contributed by atoms with Crippen molar-refractivity contribution in [1.29, 1.82) is 0 Å². The summed E-state index contributed by atoms with van der Waals surface area (Å²) in [4.78, 5) is 20.4. The van der Waals surface area contributed by atoms with Crippen molar-refractivity contribution in [1.82, 2.24) is 25.1 Å². The lowest BCUT2D eigenvalue weighted by molar-refractivity contribution is -0.136. The van der Waals surface area contributed by atoms with Gasteiger partial charge >= 0.3 is 6.18 Å². The van der Waals surface area contributed by atoms with Crippen molar-refractivity contribution in [2.75, 3.05) is 6.61 Å². The molecular weight excluding hydrogens is 435 g/mol. The monoisotopic (exact) mass is 455 g/mol. The summed E-state index contributed by atoms with van der Waals surface area (Å²) >= 11 is 0. The summed E-state index contributed by atoms with van der Waals surface area (Å²) in [7, 11) is 1.50. The molecule has 0 saturated heterocycles. The molecule has 33 heavy (non-hydrogen) atoms. The second-order valence-corrected chi connectivity index (χ2v) is 7.40. The van der Waals surface area contributed by atoms with Crippen LogP contribution in [0.3, 0.4) is 0 Å². The number of benzene rings is 1. The van der Waals surface area contributed by atoms with E-state index < -0.39 is 24.3 Å². The number of fused-ring (bicyclic) bond motifs is 1. The van der Waals surface area contributed by atoms with Crippen molar-refractivity contribution in [2.24, 2.45) is 7.05 Å². The third kappa shape index (κ3) is 4.79. The average Bonchev–Trinajstić information content (AvgIpc) is 3.14. The second kappa shape index (κ2) is 8.89. The fourth-order valence-corrected chi connectivity index (χ4v) is 3.48. The number of hydrogen-bond donors (Lipinski definition) is 1. The van der Waals surface area contributed by atoms with Crippen LogP contribution in [0.1, 0.15) is 24.1 Å². The molecule has 0 aliphatic heterocycles. The standard InChI is InChI=1S/C23H20F3N5O2/c1-14(15-6-4-3-5-7-15)28-18(32)13-33-19-12-17(23(24,25)26)20-21(16-8-10-27-11-9-16)30-31(2)22(20)29-19/h3-12,14H,13H2,1-2H3,(H,28,32). The average molecular weight is 455 g/mol. The molecule has 1 atom stereocenters. The molecule has 4 rings (SSSR count). The number of aromatic nitrogens is 4. The number of carbonyl (C=O) groups is 1. The minimum atomic E-state index is -4.69. The van der Waals surface area contributed by atoms with Gasteiger partial charge in [-0.2, -0.15) is 23.3 Å². The Labute approximate surface area is 187 Å². The van der Waals surface area contributed by atoms with Gasteiger partial charge in [-0.1, -0.05) is 30.3 Å². The Morgan fingerprint density at radius 1 is 1.15 bits per heavy atom. The van der Waals surface area contributed by atoms with Crippen molar-refractivity contribution in [3.8, 4) is 17.1 Å². The van der Waals surface area contributed by atoms with E-state index in [2.05, 4.69) is 20.4 Å². The lowest BCUT2D eigenvalue weighted by Gasteiger charge is -2.15. The molecule has 3 heterocycles. The van der Waals surface area contributed by atoms with Gasteiger partial charge in [-0.05, 0) is 24.6 Å². The maximum Gasteiger partial charge on any atom is 0.417 e. The lowest BCUT2D eigenvalue weighted by atomic mass is 10.1. The summed E-state index contributed by atoms with van der Waals surface area (Å²) in [6.07, 6.45) is -1.74. The molecule has 0 saturated carbocycles. The van der Waals surface area contributed by atoms with Gasteiger partial charge in [0.2, 0.25) is 5.88 Å². The van der Waals surface area contributed by atoms with Crippen LogP contribution >= 0.6 is 0 Å². The fraction of sp³-hybridized carbons (Fsp3) is 0.217. The van der Waals surface area contributed by atoms with E-state index in [1.165, 1.54) is 24.1 Å². The quantitative estimate of drug-likeness (QED) is 0.469. The van der Waals surface area contributed by atoms with Crippen molar-refractivity contribution in [3.05, 3.63) is 72.1 Å². The van der Waals surface area contributed by atoms with Gasteiger partial charge in [0.25, 0.3) is 5.91 Å². The molecule has 0 aliphatic rings. The molecule has 10 heteroatoms. The molecule has 3 aromatic heterocycles. The number of hydrogen-bond acceptors (Lipinski definition) is 5. The minimum absolute atomic E-state index is 0.00954. The number of nitrogens with zero attached hydrogens (tertiary/aromatic N) is 4. The van der Waals surface area contributed by atoms with Crippen molar-refractivity contribution in [2.45, 2.75) is 19.1 Å². The Hall–Kier alpha value is -3.95. The summed E-state index contributed by atoms with van der Waals surface area (Å²) in [6, 6.07) is 12.9. The number of halogens is 3. The van der Waals surface area contributed by atoms with Gasteiger partial charge < -0.3 is 10.1 Å². The van der Waals surface area contributed by atoms with E-state index in [4.69, 9.17) is 4.74 Å². The van der Waals surface area contributed by atoms with Crippen LogP contribution in [0.25, 0.3) is 22.3 Å². The largest absolute Gasteiger partial charge is 0.467 e. The SMILES string of the molecule is CC(NC(=O)COc1cc(C(F)(F)F)c2c(-c3ccncc3)nn(C)c2n1)c1ccccc1. The van der Waals surface area contributed by atoms with E-state index in [0.29, 0.717) is 5.56 Å². The molecule has 0 bridgehead atoms. The number of pyridine rings is 2. The van der Waals surface area contributed by atoms with Gasteiger partial charge in [0.05, 0.1) is 17.0 Å². The van der Waals surface area contributed by atoms with Gasteiger partial charge in [0.1, 0.15) is 5.69 Å². The highest BCUT2D eigenvalue weighted by Crippen LogP contribution is 2.40. The number of nitrogens with one attached hydrogen (secondary N) is 1. The molecule has 170 valence electrons. The van der Waals surface area contributed by atoms with Crippen LogP contribution in [0.2, 0.25) is 0 Å². The zero-order valence-electron chi connectivity index (χ0n) is 17.8. The first kappa shape index (κ1) is 22.3. The number of ether oxygens (including phenoxy) is 1. The Balaban J connectivity index is 1.61. The van der Waals surface area contributed by atoms with Crippen molar-refractivity contribution >= 4 is 16.9 Å². The second-order valence-electron chi connectivity index (χ2n) is 7.40. The minimum Gasteiger partial charge on any atom is -0.467 e. The molecule has 0 aliphatic carbocycles. The number of rotatable bonds is 6. The highest BCUT2D eigenvalue weighted by molar-refractivity contribution is 5.94. The Kier molecular flexibility index (Phi) is 5.99. The van der Waals surface area contributed by atoms with E-state index >= 15 is 0 Å². The Morgan fingerprint density at radius 3 is 2.52 bits per heavy atom. The van der Waals surface area contributed by atoms with Crippen molar-refractivity contribution in [3.63, 3.8) is 0 Å². The molecule has 7 nitrogen and oxygen atoms in total. The summed E-state index contributed by atoms with van der Waals surface area (Å²) in [5.74, 6) is -0.800. The zero-order chi connectivity index (χ0) is 23.6. The smallest absolute Gasteiger partial charge is 0.417 e. The topological polar surface area (TPSA) is 81.9 Å². The van der Waals surface area contributed by atoms with Gasteiger partial charge in [0, 0.05) is 31.1 Å². The molecule has 1 aromatic carbocycles. The van der Waals surface area contributed by atoms with E-state index in [1.54, 1.807) is 19.1 Å². The molecular formula is C23H20F3N5O2. The number of amides is 1. The van der Waals surface area contributed by atoms with Crippen LogP contribution in [0.5, 0.6) is 5.88 Å². The molecule has 0 fully saturated rings. The van der Waals surface area contributed by atoms with Crippen LogP contribution in [0, 0.1) is 0 Å². The number of alkyl halides is 3. The fourth-order valence-electron chi connectivity index (χ4n) is 3.48. The summed E-state index contributed by atoms with van der Waals surface area (Å²) in [6.45, 7) is 1.32. The van der Waals surface area contributed by atoms with Gasteiger partial charge in [-0.3, -0.25) is 9.78 Å². The highest BCUT2D eigenvalue weighted by atomic mass is 19.4. The normalized spacial score (nSPS) is 12.5. The Bertz CT molecular complexity index is 1270. The van der Waals surface area contributed by atoms with Gasteiger partial charge in [0.15, 0.2) is 12.3 Å². The molecule has 0 radical (unpaired) electrons. The van der Waals surface area contributed by atoms with Crippen LogP contribution in [-0.2, 0) is 18.0 Å². The molecule has 1 N–H and O–H groups in total. The lowest BCUT2D eigenvalue weighted by Crippen LogP contribution is -2.31. The zero-order valence-corrected chi connectivity index (χ0v) is 17.8. The van der Waals surface area contributed by atoms with E-state index in [0.717, 1.165) is 11.6 Å². The van der Waals surface area contributed by atoms with Gasteiger partial charge in [-0.15, -0.1) is 0 Å². The number of aryl methyl sites for hydroxylation is 1. The van der Waals surface area contributed by atoms with Crippen LogP contribution in [-0.4, -0.2) is 32.3 Å². The third-order valence-electron chi connectivity index (χ3n) is 5.06. The molecule has 0 spiro atoms. The summed E-state index contributed by atoms with van der Waals surface area (Å²) < 4.78 is 48.4. The number of carbonyl (C=O) groups excluding carboxylic acids is 1. The van der Waals surface area contributed by atoms with Crippen LogP contribution in [0.4, 0.5) is 13.2 Å². The molecule has 4 aromatic rings. The first-order valence-electron chi connectivity index (χ1n) is 10.1.